The number of piperidine rings is 1. The number of aliphatic hydroxyl groups excluding tert-OH is 1. The molecule has 1 fully saturated rings. The molecule has 1 aliphatic heterocycles. The van der Waals surface area contributed by atoms with Gasteiger partial charge in [-0.1, -0.05) is 0 Å². The van der Waals surface area contributed by atoms with Crippen LogP contribution in [0, 0.1) is 5.92 Å². The van der Waals surface area contributed by atoms with Crippen molar-refractivity contribution in [3.63, 3.8) is 0 Å². The van der Waals surface area contributed by atoms with Crippen molar-refractivity contribution in [1.82, 2.24) is 4.98 Å². The summed E-state index contributed by atoms with van der Waals surface area (Å²) in [6.45, 7) is 2.94. The number of hydrogen-bond donors (Lipinski definition) is 1. The number of ether oxygens (including phenoxy) is 1. The third-order valence-electron chi connectivity index (χ3n) is 3.25. The molecular formula is C13H20N2O2. The molecule has 0 saturated carbocycles. The fourth-order valence-electron chi connectivity index (χ4n) is 2.42. The van der Waals surface area contributed by atoms with Crippen LogP contribution in [-0.4, -0.2) is 36.9 Å². The second kappa shape index (κ2) is 5.98. The first-order valence-electron chi connectivity index (χ1n) is 6.13. The van der Waals surface area contributed by atoms with Crippen molar-refractivity contribution < 1.29 is 9.84 Å². The maximum Gasteiger partial charge on any atom is 0.0853 e. The smallest absolute Gasteiger partial charge is 0.0853 e. The van der Waals surface area contributed by atoms with Gasteiger partial charge in [-0.15, -0.1) is 0 Å². The minimum absolute atomic E-state index is 0.00315. The zero-order valence-electron chi connectivity index (χ0n) is 10.3. The Morgan fingerprint density at radius 2 is 2.47 bits per heavy atom. The zero-order valence-corrected chi connectivity index (χ0v) is 10.3. The van der Waals surface area contributed by atoms with Gasteiger partial charge in [-0.3, -0.25) is 4.98 Å². The van der Waals surface area contributed by atoms with Gasteiger partial charge in [0.2, 0.25) is 0 Å². The Hall–Kier alpha value is -1.13. The van der Waals surface area contributed by atoms with E-state index in [1.807, 2.05) is 12.1 Å². The first kappa shape index (κ1) is 12.3. The van der Waals surface area contributed by atoms with Gasteiger partial charge in [-0.05, 0) is 30.9 Å². The minimum Gasteiger partial charge on any atom is -0.390 e. The Morgan fingerprint density at radius 3 is 3.24 bits per heavy atom. The van der Waals surface area contributed by atoms with Crippen molar-refractivity contribution in [1.29, 1.82) is 0 Å². The third-order valence-corrected chi connectivity index (χ3v) is 3.25. The lowest BCUT2D eigenvalue weighted by atomic mass is 9.98. The average Bonchev–Trinajstić information content (AvgIpc) is 2.40. The molecule has 94 valence electrons. The van der Waals surface area contributed by atoms with Crippen LogP contribution in [0.25, 0.3) is 0 Å². The van der Waals surface area contributed by atoms with Crippen LogP contribution in [0.4, 0.5) is 5.69 Å². The van der Waals surface area contributed by atoms with Crippen molar-refractivity contribution >= 4 is 5.69 Å². The molecule has 1 N–H and O–H groups in total. The fourth-order valence-corrected chi connectivity index (χ4v) is 2.42. The lowest BCUT2D eigenvalue weighted by Crippen LogP contribution is -2.37. The summed E-state index contributed by atoms with van der Waals surface area (Å²) in [5.41, 5.74) is 1.89. The van der Waals surface area contributed by atoms with Gasteiger partial charge < -0.3 is 14.7 Å². The molecule has 0 radical (unpaired) electrons. The Labute approximate surface area is 102 Å². The Morgan fingerprint density at radius 1 is 1.59 bits per heavy atom. The summed E-state index contributed by atoms with van der Waals surface area (Å²) in [6, 6.07) is 3.98. The summed E-state index contributed by atoms with van der Waals surface area (Å²) in [5.74, 6) is 0.611. The Kier molecular flexibility index (Phi) is 4.34. The molecule has 2 heterocycles. The van der Waals surface area contributed by atoms with Gasteiger partial charge in [0.1, 0.15) is 0 Å². The topological polar surface area (TPSA) is 45.6 Å². The molecule has 0 spiro atoms. The first-order valence-corrected chi connectivity index (χ1v) is 6.13. The monoisotopic (exact) mass is 236 g/mol. The number of hydrogen-bond acceptors (Lipinski definition) is 4. The molecule has 1 saturated heterocycles. The molecule has 1 aliphatic rings. The van der Waals surface area contributed by atoms with E-state index in [1.165, 1.54) is 12.8 Å². The standard InChI is InChI=1S/C13H20N2O2/c1-17-10-11-3-2-6-15(8-11)13-4-5-14-12(7-13)9-16/h4-5,7,11,16H,2-3,6,8-10H2,1H3. The van der Waals surface area contributed by atoms with E-state index in [0.717, 1.165) is 31.1 Å². The molecule has 0 aliphatic carbocycles. The number of pyridine rings is 1. The van der Waals surface area contributed by atoms with Gasteiger partial charge in [0.05, 0.1) is 18.9 Å². The van der Waals surface area contributed by atoms with Crippen LogP contribution in [0.5, 0.6) is 0 Å². The van der Waals surface area contributed by atoms with Crippen LogP contribution in [-0.2, 0) is 11.3 Å². The molecule has 0 aromatic carbocycles. The lowest BCUT2D eigenvalue weighted by Gasteiger charge is -2.34. The van der Waals surface area contributed by atoms with Crippen LogP contribution in [0.15, 0.2) is 18.3 Å². The van der Waals surface area contributed by atoms with Crippen LogP contribution in [0.3, 0.4) is 0 Å². The predicted octanol–water partition coefficient (Wildman–Crippen LogP) is 1.44. The molecule has 1 aromatic heterocycles. The van der Waals surface area contributed by atoms with Crippen LogP contribution >= 0.6 is 0 Å². The summed E-state index contributed by atoms with van der Waals surface area (Å²) >= 11 is 0. The maximum atomic E-state index is 9.10. The summed E-state index contributed by atoms with van der Waals surface area (Å²) < 4.78 is 5.23. The summed E-state index contributed by atoms with van der Waals surface area (Å²) in [4.78, 5) is 6.46. The molecule has 17 heavy (non-hydrogen) atoms. The number of anilines is 1. The van der Waals surface area contributed by atoms with Crippen LogP contribution in [0.1, 0.15) is 18.5 Å². The van der Waals surface area contributed by atoms with Crippen LogP contribution in [0.2, 0.25) is 0 Å². The molecule has 0 amide bonds. The molecule has 4 heteroatoms. The largest absolute Gasteiger partial charge is 0.390 e. The predicted molar refractivity (Wildman–Crippen MR) is 67.0 cm³/mol. The number of aromatic nitrogens is 1. The molecule has 1 atom stereocenters. The molecule has 4 nitrogen and oxygen atoms in total. The van der Waals surface area contributed by atoms with Crippen molar-refractivity contribution in [2.24, 2.45) is 5.92 Å². The lowest BCUT2D eigenvalue weighted by molar-refractivity contribution is 0.143. The molecule has 2 rings (SSSR count). The van der Waals surface area contributed by atoms with E-state index in [9.17, 15) is 0 Å². The SMILES string of the molecule is COCC1CCCN(c2ccnc(CO)c2)C1. The van der Waals surface area contributed by atoms with E-state index in [1.54, 1.807) is 13.3 Å². The van der Waals surface area contributed by atoms with E-state index in [2.05, 4.69) is 9.88 Å². The highest BCUT2D eigenvalue weighted by atomic mass is 16.5. The fraction of sp³-hybridized carbons (Fsp3) is 0.615. The highest BCUT2D eigenvalue weighted by Gasteiger charge is 2.20. The number of methoxy groups -OCH3 is 1. The summed E-state index contributed by atoms with van der Waals surface area (Å²) in [5, 5.41) is 9.10. The highest BCUT2D eigenvalue weighted by Crippen LogP contribution is 2.23. The number of rotatable bonds is 4. The highest BCUT2D eigenvalue weighted by molar-refractivity contribution is 5.46. The number of nitrogens with zero attached hydrogens (tertiary/aromatic N) is 2. The minimum atomic E-state index is 0.00315. The second-order valence-electron chi connectivity index (χ2n) is 4.57. The van der Waals surface area contributed by atoms with E-state index in [0.29, 0.717) is 5.92 Å². The van der Waals surface area contributed by atoms with E-state index in [4.69, 9.17) is 9.84 Å². The molecule has 0 bridgehead atoms. The van der Waals surface area contributed by atoms with E-state index in [-0.39, 0.29) is 6.61 Å². The Bertz CT molecular complexity index is 355. The summed E-state index contributed by atoms with van der Waals surface area (Å²) in [7, 11) is 1.76. The second-order valence-corrected chi connectivity index (χ2v) is 4.57. The molecular weight excluding hydrogens is 216 g/mol. The van der Waals surface area contributed by atoms with E-state index >= 15 is 0 Å². The van der Waals surface area contributed by atoms with Gasteiger partial charge in [0.15, 0.2) is 0 Å². The number of aliphatic hydroxyl groups is 1. The average molecular weight is 236 g/mol. The van der Waals surface area contributed by atoms with Crippen molar-refractivity contribution in [2.45, 2.75) is 19.4 Å². The van der Waals surface area contributed by atoms with Crippen molar-refractivity contribution in [3.8, 4) is 0 Å². The van der Waals surface area contributed by atoms with Crippen molar-refractivity contribution in [3.05, 3.63) is 24.0 Å². The van der Waals surface area contributed by atoms with Crippen LogP contribution < -0.4 is 4.90 Å². The molecule has 1 aromatic rings. The van der Waals surface area contributed by atoms with E-state index < -0.39 is 0 Å². The van der Waals surface area contributed by atoms with Gasteiger partial charge in [0, 0.05) is 32.1 Å². The Balaban J connectivity index is 2.05. The normalized spacial score (nSPS) is 20.6. The quantitative estimate of drug-likeness (QED) is 0.859. The maximum absolute atomic E-state index is 9.10. The zero-order chi connectivity index (χ0) is 12.1. The van der Waals surface area contributed by atoms with Crippen molar-refractivity contribution in [2.75, 3.05) is 31.7 Å². The van der Waals surface area contributed by atoms with Gasteiger partial charge in [-0.2, -0.15) is 0 Å². The molecule has 1 unspecified atom stereocenters. The van der Waals surface area contributed by atoms with Gasteiger partial charge >= 0.3 is 0 Å². The third kappa shape index (κ3) is 3.17. The van der Waals surface area contributed by atoms with Gasteiger partial charge in [-0.25, -0.2) is 0 Å². The summed E-state index contributed by atoms with van der Waals surface area (Å²) in [6.07, 6.45) is 4.20. The first-order chi connectivity index (χ1) is 8.33. The van der Waals surface area contributed by atoms with Gasteiger partial charge in [0.25, 0.3) is 0 Å².